The third-order valence-corrected chi connectivity index (χ3v) is 4.92. The lowest BCUT2D eigenvalue weighted by Crippen LogP contribution is -2.27. The molecule has 1 aromatic heterocycles. The van der Waals surface area contributed by atoms with Crippen LogP contribution in [0.2, 0.25) is 0 Å². The summed E-state index contributed by atoms with van der Waals surface area (Å²) >= 11 is 0. The van der Waals surface area contributed by atoms with Crippen LogP contribution in [-0.4, -0.2) is 22.2 Å². The van der Waals surface area contributed by atoms with Gasteiger partial charge in [-0.1, -0.05) is 68.7 Å². The fraction of sp³-hybridized carbons (Fsp3) is 0.333. The van der Waals surface area contributed by atoms with Crippen molar-refractivity contribution in [3.63, 3.8) is 0 Å². The van der Waals surface area contributed by atoms with Gasteiger partial charge < -0.3 is 5.32 Å². The second kappa shape index (κ2) is 9.36. The van der Waals surface area contributed by atoms with E-state index in [4.69, 9.17) is 5.10 Å². The molecule has 3 rings (SSSR count). The Morgan fingerprint density at radius 3 is 2.54 bits per heavy atom. The fourth-order valence-electron chi connectivity index (χ4n) is 3.27. The first-order chi connectivity index (χ1) is 13.6. The first kappa shape index (κ1) is 19.9. The molecule has 3 aromatic rings. The van der Waals surface area contributed by atoms with Crippen LogP contribution in [0.5, 0.6) is 0 Å². The van der Waals surface area contributed by atoms with Crippen molar-refractivity contribution in [2.75, 3.05) is 6.54 Å². The Labute approximate surface area is 167 Å². The Kier molecular flexibility index (Phi) is 6.64. The van der Waals surface area contributed by atoms with Crippen molar-refractivity contribution < 1.29 is 4.79 Å². The molecule has 2 aromatic carbocycles. The molecule has 0 atom stereocenters. The van der Waals surface area contributed by atoms with Crippen molar-refractivity contribution in [3.8, 4) is 16.9 Å². The summed E-state index contributed by atoms with van der Waals surface area (Å²) in [6.07, 6.45) is 4.53. The summed E-state index contributed by atoms with van der Waals surface area (Å²) < 4.78 is 1.78. The number of carbonyl (C=O) groups excluding carboxylic acids is 1. The normalized spacial score (nSPS) is 10.8. The Balaban J connectivity index is 1.94. The second-order valence-electron chi connectivity index (χ2n) is 7.30. The van der Waals surface area contributed by atoms with Crippen LogP contribution in [0.4, 0.5) is 0 Å². The van der Waals surface area contributed by atoms with Gasteiger partial charge >= 0.3 is 0 Å². The lowest BCUT2D eigenvalue weighted by Gasteiger charge is -2.11. The van der Waals surface area contributed by atoms with Crippen molar-refractivity contribution in [1.29, 1.82) is 0 Å². The predicted molar refractivity (Wildman–Crippen MR) is 115 cm³/mol. The van der Waals surface area contributed by atoms with Crippen molar-refractivity contribution >= 4 is 5.91 Å². The van der Waals surface area contributed by atoms with Crippen molar-refractivity contribution in [1.82, 2.24) is 15.1 Å². The van der Waals surface area contributed by atoms with Gasteiger partial charge in [0.15, 0.2) is 0 Å². The summed E-state index contributed by atoms with van der Waals surface area (Å²) in [6, 6.07) is 18.1. The van der Waals surface area contributed by atoms with E-state index < -0.39 is 0 Å². The number of unbranched alkanes of at least 4 members (excludes halogenated alkanes) is 3. The lowest BCUT2D eigenvalue weighted by molar-refractivity contribution is 0.0945. The third kappa shape index (κ3) is 4.69. The van der Waals surface area contributed by atoms with Gasteiger partial charge in [-0.05, 0) is 43.5 Å². The monoisotopic (exact) mass is 375 g/mol. The van der Waals surface area contributed by atoms with Crippen LogP contribution < -0.4 is 5.32 Å². The van der Waals surface area contributed by atoms with Crippen LogP contribution in [0.25, 0.3) is 16.9 Å². The molecule has 28 heavy (non-hydrogen) atoms. The number of amides is 1. The molecule has 4 nitrogen and oxygen atoms in total. The highest BCUT2D eigenvalue weighted by Crippen LogP contribution is 2.24. The molecule has 0 spiro atoms. The molecule has 1 amide bonds. The minimum atomic E-state index is -0.0768. The van der Waals surface area contributed by atoms with Gasteiger partial charge in [-0.15, -0.1) is 0 Å². The first-order valence-electron chi connectivity index (χ1n) is 10.1. The Morgan fingerprint density at radius 1 is 1.00 bits per heavy atom. The Morgan fingerprint density at radius 2 is 1.79 bits per heavy atom. The lowest BCUT2D eigenvalue weighted by atomic mass is 10.1. The summed E-state index contributed by atoms with van der Waals surface area (Å²) in [4.78, 5) is 12.9. The van der Waals surface area contributed by atoms with E-state index in [1.54, 1.807) is 4.68 Å². The molecule has 0 radical (unpaired) electrons. The zero-order valence-electron chi connectivity index (χ0n) is 17.0. The number of nitrogens with one attached hydrogen (secondary N) is 1. The molecule has 1 N–H and O–H groups in total. The Bertz CT molecular complexity index is 928. The maximum absolute atomic E-state index is 12.9. The van der Waals surface area contributed by atoms with Gasteiger partial charge in [0.25, 0.3) is 5.91 Å². The van der Waals surface area contributed by atoms with Crippen LogP contribution in [-0.2, 0) is 0 Å². The third-order valence-electron chi connectivity index (χ3n) is 4.92. The number of aryl methyl sites for hydroxylation is 2. The zero-order valence-corrected chi connectivity index (χ0v) is 17.0. The summed E-state index contributed by atoms with van der Waals surface area (Å²) in [5.41, 5.74) is 5.55. The number of nitrogens with zero attached hydrogens (tertiary/aromatic N) is 2. The highest BCUT2D eigenvalue weighted by Gasteiger charge is 2.18. The van der Waals surface area contributed by atoms with Gasteiger partial charge in [0, 0.05) is 12.1 Å². The number of hydrogen-bond acceptors (Lipinski definition) is 2. The van der Waals surface area contributed by atoms with E-state index in [1.165, 1.54) is 12.8 Å². The highest BCUT2D eigenvalue weighted by molar-refractivity contribution is 5.94. The van der Waals surface area contributed by atoms with Gasteiger partial charge in [-0.3, -0.25) is 4.79 Å². The van der Waals surface area contributed by atoms with E-state index in [0.717, 1.165) is 40.9 Å². The van der Waals surface area contributed by atoms with E-state index in [9.17, 15) is 4.79 Å². The number of hydrogen-bond donors (Lipinski definition) is 1. The molecule has 1 heterocycles. The number of benzene rings is 2. The van der Waals surface area contributed by atoms with Gasteiger partial charge in [-0.25, -0.2) is 4.68 Å². The van der Waals surface area contributed by atoms with Gasteiger partial charge in [0.1, 0.15) is 5.69 Å². The maximum atomic E-state index is 12.9. The molecule has 4 heteroatoms. The molecule has 0 fully saturated rings. The van der Waals surface area contributed by atoms with E-state index in [2.05, 4.69) is 37.4 Å². The number of carbonyl (C=O) groups is 1. The molecule has 146 valence electrons. The highest BCUT2D eigenvalue weighted by atomic mass is 16.2. The molecule has 0 saturated heterocycles. The van der Waals surface area contributed by atoms with Crippen molar-refractivity contribution in [3.05, 3.63) is 71.4 Å². The molecule has 0 saturated carbocycles. The standard InChI is InChI=1S/C24H29N3O/c1-4-5-6-10-15-25-24(28)23-17-21(20-11-8-7-9-12-20)26-27(23)22-16-18(2)13-14-19(22)3/h7-9,11-14,16-17H,4-6,10,15H2,1-3H3,(H,25,28). The van der Waals surface area contributed by atoms with Crippen LogP contribution in [0.1, 0.15) is 54.2 Å². The van der Waals surface area contributed by atoms with E-state index >= 15 is 0 Å². The average Bonchev–Trinajstić information content (AvgIpc) is 3.15. The quantitative estimate of drug-likeness (QED) is 0.531. The molecule has 0 aliphatic heterocycles. The van der Waals surface area contributed by atoms with Gasteiger partial charge in [0.05, 0.1) is 11.4 Å². The van der Waals surface area contributed by atoms with E-state index in [1.807, 2.05) is 43.3 Å². The van der Waals surface area contributed by atoms with Gasteiger partial charge in [-0.2, -0.15) is 5.10 Å². The fourth-order valence-corrected chi connectivity index (χ4v) is 3.27. The van der Waals surface area contributed by atoms with Crippen LogP contribution in [0, 0.1) is 13.8 Å². The second-order valence-corrected chi connectivity index (χ2v) is 7.30. The smallest absolute Gasteiger partial charge is 0.270 e. The molecule has 0 aliphatic rings. The van der Waals surface area contributed by atoms with Gasteiger partial charge in [0.2, 0.25) is 0 Å². The number of rotatable bonds is 8. The Hall–Kier alpha value is -2.88. The average molecular weight is 376 g/mol. The summed E-state index contributed by atoms with van der Waals surface area (Å²) in [5.74, 6) is -0.0768. The first-order valence-corrected chi connectivity index (χ1v) is 10.1. The van der Waals surface area contributed by atoms with Crippen LogP contribution >= 0.6 is 0 Å². The van der Waals surface area contributed by atoms with Crippen LogP contribution in [0.3, 0.4) is 0 Å². The molecule has 0 unspecified atom stereocenters. The van der Waals surface area contributed by atoms with Crippen molar-refractivity contribution in [2.45, 2.75) is 46.5 Å². The van der Waals surface area contributed by atoms with Crippen molar-refractivity contribution in [2.24, 2.45) is 0 Å². The topological polar surface area (TPSA) is 46.9 Å². The summed E-state index contributed by atoms with van der Waals surface area (Å²) in [7, 11) is 0. The predicted octanol–water partition coefficient (Wildman–Crippen LogP) is 5.47. The SMILES string of the molecule is CCCCCCNC(=O)c1cc(-c2ccccc2)nn1-c1cc(C)ccc1C. The largest absolute Gasteiger partial charge is 0.351 e. The molecule has 0 bridgehead atoms. The zero-order chi connectivity index (χ0) is 19.9. The molecular weight excluding hydrogens is 346 g/mol. The minimum Gasteiger partial charge on any atom is -0.351 e. The molecular formula is C24H29N3O. The summed E-state index contributed by atoms with van der Waals surface area (Å²) in [5, 5.41) is 7.85. The maximum Gasteiger partial charge on any atom is 0.270 e. The summed E-state index contributed by atoms with van der Waals surface area (Å²) in [6.45, 7) is 6.98. The van der Waals surface area contributed by atoms with E-state index in [-0.39, 0.29) is 5.91 Å². The number of aromatic nitrogens is 2. The molecule has 0 aliphatic carbocycles. The minimum absolute atomic E-state index is 0.0768. The van der Waals surface area contributed by atoms with Crippen LogP contribution in [0.15, 0.2) is 54.6 Å². The van der Waals surface area contributed by atoms with E-state index in [0.29, 0.717) is 12.2 Å².